The Morgan fingerprint density at radius 3 is 2.76 bits per heavy atom. The lowest BCUT2D eigenvalue weighted by molar-refractivity contribution is 0.0389. The number of nitrogens with zero attached hydrogens (tertiary/aromatic N) is 2. The predicted molar refractivity (Wildman–Crippen MR) is 86.7 cm³/mol. The second-order valence-electron chi connectivity index (χ2n) is 4.67. The first-order valence-electron chi connectivity index (χ1n) is 6.90. The zero-order valence-corrected chi connectivity index (χ0v) is 12.6. The lowest BCUT2D eigenvalue weighted by Gasteiger charge is -2.26. The molecule has 0 atom stereocenters. The average Bonchev–Trinajstić information content (AvgIpc) is 2.50. The summed E-state index contributed by atoms with van der Waals surface area (Å²) in [7, 11) is 0. The number of phenolic OH excluding ortho intramolecular Hbond substituents is 1. The number of benzene rings is 1. The number of rotatable bonds is 5. The number of hydrogen-bond donors (Lipinski definition) is 3. The number of hydrazone groups is 1. The first-order chi connectivity index (χ1) is 10.2. The molecule has 1 aromatic carbocycles. The highest BCUT2D eigenvalue weighted by Crippen LogP contribution is 2.07. The van der Waals surface area contributed by atoms with E-state index in [0.29, 0.717) is 5.11 Å². The molecule has 0 aliphatic carbocycles. The van der Waals surface area contributed by atoms with E-state index in [1.165, 1.54) is 0 Å². The molecule has 1 aliphatic heterocycles. The number of aromatic hydroxyl groups is 1. The summed E-state index contributed by atoms with van der Waals surface area (Å²) < 4.78 is 5.29. The Kier molecular flexibility index (Phi) is 6.39. The van der Waals surface area contributed by atoms with Crippen LogP contribution in [0.25, 0.3) is 0 Å². The number of thiocarbonyl (C=S) groups is 1. The normalized spacial score (nSPS) is 16.0. The molecule has 3 N–H and O–H groups in total. The van der Waals surface area contributed by atoms with E-state index in [1.807, 2.05) is 0 Å². The molecule has 1 heterocycles. The number of nitrogens with one attached hydrogen (secondary N) is 2. The lowest BCUT2D eigenvalue weighted by atomic mass is 10.2. The SMILES string of the molecule is Oc1ccc(/C=N\NC(=S)NCCN2CCOCC2)cc1. The maximum atomic E-state index is 9.17. The van der Waals surface area contributed by atoms with Gasteiger partial charge in [0.2, 0.25) is 0 Å². The maximum Gasteiger partial charge on any atom is 0.187 e. The van der Waals surface area contributed by atoms with E-state index >= 15 is 0 Å². The van der Waals surface area contributed by atoms with Gasteiger partial charge in [0.15, 0.2) is 5.11 Å². The van der Waals surface area contributed by atoms with Crippen molar-refractivity contribution in [3.05, 3.63) is 29.8 Å². The third kappa shape index (κ3) is 6.07. The molecule has 7 heteroatoms. The largest absolute Gasteiger partial charge is 0.508 e. The van der Waals surface area contributed by atoms with Crippen LogP contribution in [0.5, 0.6) is 5.75 Å². The smallest absolute Gasteiger partial charge is 0.187 e. The van der Waals surface area contributed by atoms with Crippen LogP contribution in [-0.2, 0) is 4.74 Å². The van der Waals surface area contributed by atoms with E-state index in [0.717, 1.165) is 45.0 Å². The highest BCUT2D eigenvalue weighted by molar-refractivity contribution is 7.80. The van der Waals surface area contributed by atoms with Crippen LogP contribution >= 0.6 is 12.2 Å². The molecular weight excluding hydrogens is 288 g/mol. The van der Waals surface area contributed by atoms with Gasteiger partial charge in [0.05, 0.1) is 19.4 Å². The second kappa shape index (κ2) is 8.56. The highest BCUT2D eigenvalue weighted by atomic mass is 32.1. The molecule has 114 valence electrons. The lowest BCUT2D eigenvalue weighted by Crippen LogP contribution is -2.42. The fourth-order valence-corrected chi connectivity index (χ4v) is 2.07. The minimum Gasteiger partial charge on any atom is -0.508 e. The molecular formula is C14H20N4O2S. The van der Waals surface area contributed by atoms with Crippen molar-refractivity contribution in [1.29, 1.82) is 0 Å². The van der Waals surface area contributed by atoms with Crippen LogP contribution in [0.15, 0.2) is 29.4 Å². The molecule has 0 aromatic heterocycles. The van der Waals surface area contributed by atoms with Crippen LogP contribution in [0.4, 0.5) is 0 Å². The van der Waals surface area contributed by atoms with E-state index in [1.54, 1.807) is 30.5 Å². The van der Waals surface area contributed by atoms with E-state index in [9.17, 15) is 5.11 Å². The molecule has 0 spiro atoms. The maximum absolute atomic E-state index is 9.17. The predicted octanol–water partition coefficient (Wildman–Crippen LogP) is 0.522. The van der Waals surface area contributed by atoms with Crippen LogP contribution in [0.1, 0.15) is 5.56 Å². The van der Waals surface area contributed by atoms with Gasteiger partial charge < -0.3 is 15.2 Å². The zero-order valence-electron chi connectivity index (χ0n) is 11.8. The summed E-state index contributed by atoms with van der Waals surface area (Å²) >= 11 is 5.14. The van der Waals surface area contributed by atoms with E-state index in [-0.39, 0.29) is 5.75 Å². The first kappa shape index (κ1) is 15.7. The van der Waals surface area contributed by atoms with Crippen LogP contribution in [0, 0.1) is 0 Å². The van der Waals surface area contributed by atoms with Crippen LogP contribution in [0.2, 0.25) is 0 Å². The third-order valence-electron chi connectivity index (χ3n) is 3.09. The van der Waals surface area contributed by atoms with Gasteiger partial charge in [-0.05, 0) is 42.0 Å². The van der Waals surface area contributed by atoms with Gasteiger partial charge in [-0.15, -0.1) is 0 Å². The number of hydrogen-bond acceptors (Lipinski definition) is 5. The quantitative estimate of drug-likeness (QED) is 0.419. The number of morpholine rings is 1. The van der Waals surface area contributed by atoms with Gasteiger partial charge in [-0.25, -0.2) is 0 Å². The molecule has 1 fully saturated rings. The fraction of sp³-hybridized carbons (Fsp3) is 0.429. The van der Waals surface area contributed by atoms with Gasteiger partial charge in [0, 0.05) is 26.2 Å². The zero-order chi connectivity index (χ0) is 14.9. The Morgan fingerprint density at radius 2 is 2.05 bits per heavy atom. The monoisotopic (exact) mass is 308 g/mol. The first-order valence-corrected chi connectivity index (χ1v) is 7.31. The van der Waals surface area contributed by atoms with Gasteiger partial charge in [-0.2, -0.15) is 5.10 Å². The van der Waals surface area contributed by atoms with Crippen molar-refractivity contribution >= 4 is 23.5 Å². The van der Waals surface area contributed by atoms with E-state index < -0.39 is 0 Å². The van der Waals surface area contributed by atoms with Crippen LogP contribution < -0.4 is 10.7 Å². The Balaban J connectivity index is 1.61. The topological polar surface area (TPSA) is 69.1 Å². The van der Waals surface area contributed by atoms with E-state index in [4.69, 9.17) is 17.0 Å². The Hall–Kier alpha value is -1.70. The molecule has 0 bridgehead atoms. The summed E-state index contributed by atoms with van der Waals surface area (Å²) in [6.07, 6.45) is 1.65. The summed E-state index contributed by atoms with van der Waals surface area (Å²) in [5.41, 5.74) is 3.65. The third-order valence-corrected chi connectivity index (χ3v) is 3.33. The molecule has 0 radical (unpaired) electrons. The van der Waals surface area contributed by atoms with Gasteiger partial charge in [0.1, 0.15) is 5.75 Å². The molecule has 0 unspecified atom stereocenters. The number of phenols is 1. The summed E-state index contributed by atoms with van der Waals surface area (Å²) in [6, 6.07) is 6.77. The summed E-state index contributed by atoms with van der Waals surface area (Å²) in [4.78, 5) is 2.33. The molecule has 1 saturated heterocycles. The molecule has 21 heavy (non-hydrogen) atoms. The van der Waals surface area contributed by atoms with Crippen molar-refractivity contribution in [2.24, 2.45) is 5.10 Å². The standard InChI is InChI=1S/C14H20N4O2S/c19-13-3-1-12(2-4-13)11-16-17-14(21)15-5-6-18-7-9-20-10-8-18/h1-4,11,19H,5-10H2,(H2,15,17,21)/b16-11-. The van der Waals surface area contributed by atoms with Crippen molar-refractivity contribution in [1.82, 2.24) is 15.6 Å². The molecule has 0 saturated carbocycles. The van der Waals surface area contributed by atoms with Crippen molar-refractivity contribution in [2.45, 2.75) is 0 Å². The minimum atomic E-state index is 0.236. The van der Waals surface area contributed by atoms with Gasteiger partial charge in [-0.3, -0.25) is 10.3 Å². The summed E-state index contributed by atoms with van der Waals surface area (Å²) in [5, 5.41) is 16.8. The van der Waals surface area contributed by atoms with Crippen molar-refractivity contribution in [3.63, 3.8) is 0 Å². The average molecular weight is 308 g/mol. The van der Waals surface area contributed by atoms with Gasteiger partial charge >= 0.3 is 0 Å². The van der Waals surface area contributed by atoms with Crippen LogP contribution in [0.3, 0.4) is 0 Å². The molecule has 6 nitrogen and oxygen atoms in total. The fourth-order valence-electron chi connectivity index (χ4n) is 1.92. The molecule has 1 aromatic rings. The Morgan fingerprint density at radius 1 is 1.33 bits per heavy atom. The molecule has 2 rings (SSSR count). The second-order valence-corrected chi connectivity index (χ2v) is 5.08. The Labute approximate surface area is 129 Å². The number of ether oxygens (including phenoxy) is 1. The van der Waals surface area contributed by atoms with Crippen molar-refractivity contribution in [2.75, 3.05) is 39.4 Å². The van der Waals surface area contributed by atoms with Crippen molar-refractivity contribution < 1.29 is 9.84 Å². The minimum absolute atomic E-state index is 0.236. The van der Waals surface area contributed by atoms with Gasteiger partial charge in [0.25, 0.3) is 0 Å². The Bertz CT molecular complexity index is 472. The highest BCUT2D eigenvalue weighted by Gasteiger charge is 2.09. The molecule has 0 amide bonds. The summed E-state index contributed by atoms with van der Waals surface area (Å²) in [5.74, 6) is 0.236. The molecule has 1 aliphatic rings. The van der Waals surface area contributed by atoms with E-state index in [2.05, 4.69) is 20.7 Å². The summed E-state index contributed by atoms with van der Waals surface area (Å²) in [6.45, 7) is 5.27. The van der Waals surface area contributed by atoms with Crippen molar-refractivity contribution in [3.8, 4) is 5.75 Å². The van der Waals surface area contributed by atoms with Crippen LogP contribution in [-0.4, -0.2) is 60.7 Å². The van der Waals surface area contributed by atoms with Gasteiger partial charge in [-0.1, -0.05) is 0 Å².